The van der Waals surface area contributed by atoms with Crippen LogP contribution in [-0.2, 0) is 0 Å². The second kappa shape index (κ2) is 7.31. The molecule has 4 heteroatoms. The van der Waals surface area contributed by atoms with Crippen molar-refractivity contribution in [3.63, 3.8) is 0 Å². The number of nitrogens with one attached hydrogen (secondary N) is 1. The molecule has 1 aliphatic heterocycles. The predicted octanol–water partition coefficient (Wildman–Crippen LogP) is 3.38. The van der Waals surface area contributed by atoms with E-state index < -0.39 is 0 Å². The normalized spacial score (nSPS) is 16.2. The molecule has 1 aromatic heterocycles. The Morgan fingerprint density at radius 2 is 1.89 bits per heavy atom. The summed E-state index contributed by atoms with van der Waals surface area (Å²) < 4.78 is 0. The van der Waals surface area contributed by atoms with Crippen molar-refractivity contribution in [3.05, 3.63) is 11.9 Å². The average molecular weight is 262 g/mol. The zero-order chi connectivity index (χ0) is 13.5. The molecular formula is C15H26N4. The highest BCUT2D eigenvalue weighted by Crippen LogP contribution is 2.20. The number of aromatic nitrogens is 2. The quantitative estimate of drug-likeness (QED) is 0.826. The zero-order valence-corrected chi connectivity index (χ0v) is 12.3. The second-order valence-corrected chi connectivity index (χ2v) is 5.34. The van der Waals surface area contributed by atoms with E-state index in [-0.39, 0.29) is 0 Å². The number of hydrogen-bond donors (Lipinski definition) is 1. The third-order valence-electron chi connectivity index (χ3n) is 3.59. The van der Waals surface area contributed by atoms with Crippen molar-refractivity contribution in [1.29, 1.82) is 0 Å². The largest absolute Gasteiger partial charge is 0.370 e. The minimum atomic E-state index is 0.862. The summed E-state index contributed by atoms with van der Waals surface area (Å²) in [6.45, 7) is 7.43. The van der Waals surface area contributed by atoms with E-state index in [2.05, 4.69) is 33.2 Å². The van der Waals surface area contributed by atoms with E-state index in [1.165, 1.54) is 38.5 Å². The minimum absolute atomic E-state index is 0.862. The fourth-order valence-corrected chi connectivity index (χ4v) is 2.50. The molecule has 2 heterocycles. The van der Waals surface area contributed by atoms with Crippen molar-refractivity contribution in [2.75, 3.05) is 29.9 Å². The van der Waals surface area contributed by atoms with Crippen LogP contribution >= 0.6 is 0 Å². The van der Waals surface area contributed by atoms with E-state index in [0.29, 0.717) is 0 Å². The lowest BCUT2D eigenvalue weighted by molar-refractivity contribution is 0.726. The number of aryl methyl sites for hydroxylation is 1. The molecule has 0 spiro atoms. The molecular weight excluding hydrogens is 236 g/mol. The Morgan fingerprint density at radius 3 is 2.58 bits per heavy atom. The first-order valence-electron chi connectivity index (χ1n) is 7.64. The lowest BCUT2D eigenvalue weighted by Crippen LogP contribution is -2.25. The van der Waals surface area contributed by atoms with Crippen molar-refractivity contribution in [1.82, 2.24) is 9.97 Å². The minimum Gasteiger partial charge on any atom is -0.370 e. The van der Waals surface area contributed by atoms with Crippen LogP contribution in [0.25, 0.3) is 0 Å². The smallest absolute Gasteiger partial charge is 0.134 e. The van der Waals surface area contributed by atoms with Gasteiger partial charge in [0.1, 0.15) is 17.5 Å². The summed E-state index contributed by atoms with van der Waals surface area (Å²) in [6, 6.07) is 2.11. The SMILES string of the molecule is CCCCNc1cc(N2CCCCCC2)nc(C)n1. The van der Waals surface area contributed by atoms with Crippen molar-refractivity contribution < 1.29 is 0 Å². The molecule has 4 nitrogen and oxygen atoms in total. The molecule has 1 fully saturated rings. The van der Waals surface area contributed by atoms with Gasteiger partial charge >= 0.3 is 0 Å². The highest BCUT2D eigenvalue weighted by Gasteiger charge is 2.12. The van der Waals surface area contributed by atoms with E-state index in [9.17, 15) is 0 Å². The first-order chi connectivity index (χ1) is 9.29. The lowest BCUT2D eigenvalue weighted by atomic mass is 10.2. The zero-order valence-electron chi connectivity index (χ0n) is 12.3. The third-order valence-corrected chi connectivity index (χ3v) is 3.59. The third kappa shape index (κ3) is 4.37. The van der Waals surface area contributed by atoms with E-state index in [1.807, 2.05) is 6.92 Å². The Morgan fingerprint density at radius 1 is 1.16 bits per heavy atom. The van der Waals surface area contributed by atoms with Gasteiger partial charge in [-0.3, -0.25) is 0 Å². The molecule has 1 saturated heterocycles. The first kappa shape index (κ1) is 14.1. The molecule has 19 heavy (non-hydrogen) atoms. The van der Waals surface area contributed by atoms with E-state index >= 15 is 0 Å². The maximum Gasteiger partial charge on any atom is 0.134 e. The van der Waals surface area contributed by atoms with Gasteiger partial charge < -0.3 is 10.2 Å². The summed E-state index contributed by atoms with van der Waals surface area (Å²) in [5.41, 5.74) is 0. The van der Waals surface area contributed by atoms with Gasteiger partial charge in [0.15, 0.2) is 0 Å². The number of nitrogens with zero attached hydrogens (tertiary/aromatic N) is 3. The van der Waals surface area contributed by atoms with Crippen molar-refractivity contribution >= 4 is 11.6 Å². The van der Waals surface area contributed by atoms with Crippen LogP contribution in [0.5, 0.6) is 0 Å². The maximum atomic E-state index is 4.60. The molecule has 2 rings (SSSR count). The number of hydrogen-bond acceptors (Lipinski definition) is 4. The van der Waals surface area contributed by atoms with Crippen LogP contribution in [-0.4, -0.2) is 29.6 Å². The molecule has 1 aromatic rings. The summed E-state index contributed by atoms with van der Waals surface area (Å²) in [5, 5.41) is 3.40. The van der Waals surface area contributed by atoms with Crippen LogP contribution in [0.15, 0.2) is 6.07 Å². The standard InChI is InChI=1S/C15H26N4/c1-3-4-9-16-14-12-15(18-13(2)17-14)19-10-7-5-6-8-11-19/h12H,3-11H2,1-2H3,(H,16,17,18). The fourth-order valence-electron chi connectivity index (χ4n) is 2.50. The number of rotatable bonds is 5. The Bertz CT molecular complexity index is 384. The highest BCUT2D eigenvalue weighted by atomic mass is 15.2. The Kier molecular flexibility index (Phi) is 5.43. The molecule has 106 valence electrons. The van der Waals surface area contributed by atoms with Gasteiger partial charge in [0.25, 0.3) is 0 Å². The van der Waals surface area contributed by atoms with Gasteiger partial charge in [-0.15, -0.1) is 0 Å². The summed E-state index contributed by atoms with van der Waals surface area (Å²) >= 11 is 0. The van der Waals surface area contributed by atoms with Gasteiger partial charge in [0.2, 0.25) is 0 Å². The highest BCUT2D eigenvalue weighted by molar-refractivity contribution is 5.49. The van der Waals surface area contributed by atoms with Gasteiger partial charge in [-0.2, -0.15) is 0 Å². The second-order valence-electron chi connectivity index (χ2n) is 5.34. The van der Waals surface area contributed by atoms with E-state index in [0.717, 1.165) is 37.1 Å². The summed E-state index contributed by atoms with van der Waals surface area (Å²) in [7, 11) is 0. The van der Waals surface area contributed by atoms with Crippen LogP contribution in [0.3, 0.4) is 0 Å². The van der Waals surface area contributed by atoms with Crippen LogP contribution in [0, 0.1) is 6.92 Å². The predicted molar refractivity (Wildman–Crippen MR) is 80.8 cm³/mol. The summed E-state index contributed by atoms with van der Waals surface area (Å²) in [5.74, 6) is 2.93. The Hall–Kier alpha value is -1.32. The van der Waals surface area contributed by atoms with Crippen LogP contribution in [0.2, 0.25) is 0 Å². The number of anilines is 2. The van der Waals surface area contributed by atoms with Crippen molar-refractivity contribution in [2.45, 2.75) is 52.4 Å². The van der Waals surface area contributed by atoms with Gasteiger partial charge in [0.05, 0.1) is 0 Å². The average Bonchev–Trinajstić information content (AvgIpc) is 2.67. The molecule has 0 atom stereocenters. The molecule has 0 aliphatic carbocycles. The van der Waals surface area contributed by atoms with Crippen LogP contribution < -0.4 is 10.2 Å². The molecule has 0 radical (unpaired) electrons. The Balaban J connectivity index is 2.06. The molecule has 1 N–H and O–H groups in total. The molecule has 0 bridgehead atoms. The first-order valence-corrected chi connectivity index (χ1v) is 7.64. The van der Waals surface area contributed by atoms with Crippen molar-refractivity contribution in [3.8, 4) is 0 Å². The molecule has 0 saturated carbocycles. The lowest BCUT2D eigenvalue weighted by Gasteiger charge is -2.22. The molecule has 0 unspecified atom stereocenters. The monoisotopic (exact) mass is 262 g/mol. The fraction of sp³-hybridized carbons (Fsp3) is 0.733. The maximum absolute atomic E-state index is 4.60. The van der Waals surface area contributed by atoms with Gasteiger partial charge in [-0.1, -0.05) is 26.2 Å². The molecule has 0 aromatic carbocycles. The molecule has 0 amide bonds. The Labute approximate surface area is 116 Å². The topological polar surface area (TPSA) is 41.0 Å². The van der Waals surface area contributed by atoms with Crippen LogP contribution in [0.4, 0.5) is 11.6 Å². The summed E-state index contributed by atoms with van der Waals surface area (Å²) in [4.78, 5) is 11.5. The van der Waals surface area contributed by atoms with Gasteiger partial charge in [0, 0.05) is 25.7 Å². The van der Waals surface area contributed by atoms with Gasteiger partial charge in [-0.25, -0.2) is 9.97 Å². The van der Waals surface area contributed by atoms with Crippen LogP contribution in [0.1, 0.15) is 51.3 Å². The van der Waals surface area contributed by atoms with E-state index in [1.54, 1.807) is 0 Å². The van der Waals surface area contributed by atoms with E-state index in [4.69, 9.17) is 0 Å². The summed E-state index contributed by atoms with van der Waals surface area (Å²) in [6.07, 6.45) is 7.64. The van der Waals surface area contributed by atoms with Gasteiger partial charge in [-0.05, 0) is 26.2 Å². The number of unbranched alkanes of at least 4 members (excludes halogenated alkanes) is 1. The molecule has 1 aliphatic rings. The van der Waals surface area contributed by atoms with Crippen molar-refractivity contribution in [2.24, 2.45) is 0 Å².